The second kappa shape index (κ2) is 19.0. The molecule has 6 aromatic rings. The van der Waals surface area contributed by atoms with Gasteiger partial charge in [-0.2, -0.15) is 8.78 Å². The first-order valence-corrected chi connectivity index (χ1v) is 18.8. The molecular formula is C48H46F2O5. The van der Waals surface area contributed by atoms with Crippen LogP contribution in [0.3, 0.4) is 0 Å². The minimum absolute atomic E-state index is 0.0107. The molecule has 5 atom stereocenters. The maximum absolute atomic E-state index is 17.7. The Hall–Kier alpha value is -5.02. The summed E-state index contributed by atoms with van der Waals surface area (Å²) in [5.41, 5.74) is 4.93. The van der Waals surface area contributed by atoms with Crippen molar-refractivity contribution in [3.05, 3.63) is 215 Å². The van der Waals surface area contributed by atoms with Crippen molar-refractivity contribution in [2.75, 3.05) is 6.61 Å². The summed E-state index contributed by atoms with van der Waals surface area (Å²) >= 11 is 0. The van der Waals surface area contributed by atoms with Gasteiger partial charge in [-0.25, -0.2) is 0 Å². The van der Waals surface area contributed by atoms with E-state index in [1.165, 1.54) is 6.07 Å². The largest absolute Gasteiger partial charge is 0.374 e. The van der Waals surface area contributed by atoms with Gasteiger partial charge in [0.15, 0.2) is 6.10 Å². The predicted octanol–water partition coefficient (Wildman–Crippen LogP) is 10.1. The summed E-state index contributed by atoms with van der Waals surface area (Å²) in [6, 6.07) is 55.0. The standard InChI is InChI=1S/C48H46F2O5/c49-48(50,42-29-17-16-28-41(42)30-36-18-6-1-7-19-36)47-46(54-34-40-26-14-5-15-27-40)45(53-33-39-24-12-4-13-25-39)44(52-32-38-22-10-3-11-23-38)43(55-47)35-51-31-37-20-8-2-9-21-37/h1-29,43-47H,30-35H2/t43?,44-,45+,46-,47-/m1/s1. The summed E-state index contributed by atoms with van der Waals surface area (Å²) in [4.78, 5) is 0. The van der Waals surface area contributed by atoms with Crippen molar-refractivity contribution >= 4 is 0 Å². The molecule has 5 nitrogen and oxygen atoms in total. The van der Waals surface area contributed by atoms with Crippen molar-refractivity contribution in [1.82, 2.24) is 0 Å². The van der Waals surface area contributed by atoms with Gasteiger partial charge in [-0.15, -0.1) is 0 Å². The maximum Gasteiger partial charge on any atom is 0.301 e. The number of rotatable bonds is 17. The van der Waals surface area contributed by atoms with Gasteiger partial charge in [0.05, 0.1) is 33.0 Å². The zero-order chi connectivity index (χ0) is 37.7. The molecule has 7 rings (SSSR count). The lowest BCUT2D eigenvalue weighted by Gasteiger charge is -2.48. The summed E-state index contributed by atoms with van der Waals surface area (Å²) in [5, 5.41) is 0. The predicted molar refractivity (Wildman–Crippen MR) is 209 cm³/mol. The van der Waals surface area contributed by atoms with Crippen LogP contribution < -0.4 is 0 Å². The number of halogens is 2. The fourth-order valence-corrected chi connectivity index (χ4v) is 7.05. The normalized spacial score (nSPS) is 19.9. The number of benzene rings is 6. The van der Waals surface area contributed by atoms with Crippen molar-refractivity contribution in [3.8, 4) is 0 Å². The first-order valence-electron chi connectivity index (χ1n) is 18.8. The van der Waals surface area contributed by atoms with Crippen LogP contribution in [-0.4, -0.2) is 37.1 Å². The topological polar surface area (TPSA) is 46.2 Å². The minimum Gasteiger partial charge on any atom is -0.374 e. The van der Waals surface area contributed by atoms with Crippen LogP contribution in [0.25, 0.3) is 0 Å². The Morgan fingerprint density at radius 3 is 1.35 bits per heavy atom. The van der Waals surface area contributed by atoms with E-state index in [1.807, 2.05) is 152 Å². The third kappa shape index (κ3) is 10.2. The number of alkyl halides is 2. The molecule has 1 aliphatic rings. The molecular weight excluding hydrogens is 695 g/mol. The first-order chi connectivity index (χ1) is 27.0. The molecule has 0 saturated carbocycles. The Morgan fingerprint density at radius 1 is 0.436 bits per heavy atom. The Labute approximate surface area is 322 Å². The van der Waals surface area contributed by atoms with E-state index in [9.17, 15) is 0 Å². The van der Waals surface area contributed by atoms with E-state index in [-0.39, 0.29) is 38.6 Å². The second-order valence-electron chi connectivity index (χ2n) is 13.8. The molecule has 55 heavy (non-hydrogen) atoms. The smallest absolute Gasteiger partial charge is 0.301 e. The van der Waals surface area contributed by atoms with Crippen molar-refractivity contribution < 1.29 is 32.5 Å². The molecule has 0 radical (unpaired) electrons. The van der Waals surface area contributed by atoms with Crippen LogP contribution in [0, 0.1) is 0 Å². The minimum atomic E-state index is -3.51. The van der Waals surface area contributed by atoms with Crippen LogP contribution >= 0.6 is 0 Å². The van der Waals surface area contributed by atoms with Crippen LogP contribution in [-0.2, 0) is 62.5 Å². The Bertz CT molecular complexity index is 2000. The summed E-state index contributed by atoms with van der Waals surface area (Å²) < 4.78 is 68.3. The van der Waals surface area contributed by atoms with E-state index < -0.39 is 36.4 Å². The molecule has 0 amide bonds. The van der Waals surface area contributed by atoms with Crippen LogP contribution in [0.15, 0.2) is 176 Å². The monoisotopic (exact) mass is 740 g/mol. The lowest BCUT2D eigenvalue weighted by Crippen LogP contribution is -2.64. The lowest BCUT2D eigenvalue weighted by atomic mass is 9.86. The van der Waals surface area contributed by atoms with Crippen LogP contribution in [0.2, 0.25) is 0 Å². The summed E-state index contributed by atoms with van der Waals surface area (Å²) in [7, 11) is 0. The van der Waals surface area contributed by atoms with Gasteiger partial charge in [0, 0.05) is 5.56 Å². The molecule has 0 bridgehead atoms. The van der Waals surface area contributed by atoms with Crippen molar-refractivity contribution in [1.29, 1.82) is 0 Å². The highest BCUT2D eigenvalue weighted by atomic mass is 19.3. The molecule has 282 valence electrons. The average molecular weight is 741 g/mol. The van der Waals surface area contributed by atoms with E-state index in [2.05, 4.69) is 0 Å². The van der Waals surface area contributed by atoms with Gasteiger partial charge in [0.2, 0.25) is 0 Å². The molecule has 0 spiro atoms. The van der Waals surface area contributed by atoms with Gasteiger partial charge in [-0.3, -0.25) is 0 Å². The molecule has 1 heterocycles. The van der Waals surface area contributed by atoms with E-state index in [0.717, 1.165) is 27.8 Å². The second-order valence-corrected chi connectivity index (χ2v) is 13.8. The fourth-order valence-electron chi connectivity index (χ4n) is 7.05. The highest BCUT2D eigenvalue weighted by molar-refractivity contribution is 5.37. The van der Waals surface area contributed by atoms with Gasteiger partial charge in [0.1, 0.15) is 24.4 Å². The van der Waals surface area contributed by atoms with Crippen LogP contribution in [0.5, 0.6) is 0 Å². The average Bonchev–Trinajstić information content (AvgIpc) is 3.23. The third-order valence-electron chi connectivity index (χ3n) is 9.85. The number of ether oxygens (including phenoxy) is 5. The first kappa shape index (κ1) is 38.3. The molecule has 1 unspecified atom stereocenters. The van der Waals surface area contributed by atoms with Crippen molar-refractivity contribution in [2.24, 2.45) is 0 Å². The highest BCUT2D eigenvalue weighted by Gasteiger charge is 2.58. The molecule has 0 N–H and O–H groups in total. The molecule has 7 heteroatoms. The molecule has 1 fully saturated rings. The molecule has 1 aliphatic heterocycles. The lowest BCUT2D eigenvalue weighted by molar-refractivity contribution is -0.313. The molecule has 6 aromatic carbocycles. The Balaban J connectivity index is 1.28. The summed E-state index contributed by atoms with van der Waals surface area (Å²) in [6.45, 7) is 0.697. The molecule has 1 saturated heterocycles. The highest BCUT2D eigenvalue weighted by Crippen LogP contribution is 2.44. The van der Waals surface area contributed by atoms with E-state index in [0.29, 0.717) is 12.0 Å². The van der Waals surface area contributed by atoms with E-state index in [1.54, 1.807) is 18.2 Å². The molecule has 0 aliphatic carbocycles. The van der Waals surface area contributed by atoms with Crippen molar-refractivity contribution in [3.63, 3.8) is 0 Å². The Morgan fingerprint density at radius 2 is 0.836 bits per heavy atom. The zero-order valence-corrected chi connectivity index (χ0v) is 30.7. The third-order valence-corrected chi connectivity index (χ3v) is 9.85. The van der Waals surface area contributed by atoms with Gasteiger partial charge in [-0.05, 0) is 39.8 Å². The van der Waals surface area contributed by atoms with E-state index >= 15 is 8.78 Å². The Kier molecular flexibility index (Phi) is 13.2. The summed E-state index contributed by atoms with van der Waals surface area (Å²) in [5.74, 6) is -3.51. The molecule has 0 aromatic heterocycles. The maximum atomic E-state index is 17.7. The van der Waals surface area contributed by atoms with Gasteiger partial charge in [0.25, 0.3) is 0 Å². The zero-order valence-electron chi connectivity index (χ0n) is 30.7. The van der Waals surface area contributed by atoms with Crippen LogP contribution in [0.4, 0.5) is 8.78 Å². The quantitative estimate of drug-likeness (QED) is 0.0932. The number of hydrogen-bond acceptors (Lipinski definition) is 5. The SMILES string of the molecule is FC(F)(c1ccccc1Cc1ccccc1)[C@@H]1OC(COCc2ccccc2)[C@@H](OCc2ccccc2)[C@H](OCc2ccccc2)[C@H]1OCc1ccccc1. The van der Waals surface area contributed by atoms with Gasteiger partial charge in [-0.1, -0.05) is 176 Å². The fraction of sp³-hybridized carbons (Fsp3) is 0.250. The van der Waals surface area contributed by atoms with E-state index in [4.69, 9.17) is 23.7 Å². The summed E-state index contributed by atoms with van der Waals surface area (Å²) in [6.07, 6.45) is -5.39. The van der Waals surface area contributed by atoms with Crippen molar-refractivity contribution in [2.45, 2.75) is 69.3 Å². The number of hydrogen-bond donors (Lipinski definition) is 0. The van der Waals surface area contributed by atoms with Gasteiger partial charge >= 0.3 is 5.92 Å². The van der Waals surface area contributed by atoms with Gasteiger partial charge < -0.3 is 23.7 Å². The van der Waals surface area contributed by atoms with Crippen LogP contribution in [0.1, 0.15) is 38.9 Å².